The van der Waals surface area contributed by atoms with Crippen LogP contribution in [0, 0.1) is 0 Å². The number of hydrogen-bond donors (Lipinski definition) is 1. The van der Waals surface area contributed by atoms with Crippen molar-refractivity contribution in [2.45, 2.75) is 44.8 Å². The molecule has 0 spiro atoms. The van der Waals surface area contributed by atoms with E-state index < -0.39 is 17.8 Å². The minimum Gasteiger partial charge on any atom is -0.268 e. The average Bonchev–Trinajstić information content (AvgIpc) is 2.52. The maximum absolute atomic E-state index is 11.4. The van der Waals surface area contributed by atoms with E-state index in [0.717, 1.165) is 23.6 Å². The summed E-state index contributed by atoms with van der Waals surface area (Å²) in [6.45, 7) is 6.04. The molecule has 1 rings (SSSR count). The first-order valence-corrected chi connectivity index (χ1v) is 6.15. The Balaban J connectivity index is 2.83. The predicted octanol–water partition coefficient (Wildman–Crippen LogP) is 1.68. The molecule has 1 heterocycles. The van der Waals surface area contributed by atoms with Gasteiger partial charge in [-0.1, -0.05) is 20.8 Å². The lowest BCUT2D eigenvalue weighted by atomic mass is 9.99. The molecule has 1 aliphatic heterocycles. The van der Waals surface area contributed by atoms with Crippen molar-refractivity contribution < 1.29 is 14.4 Å². The van der Waals surface area contributed by atoms with E-state index >= 15 is 0 Å². The second-order valence-corrected chi connectivity index (χ2v) is 5.11. The lowest BCUT2D eigenvalue weighted by Gasteiger charge is -2.31. The lowest BCUT2D eigenvalue weighted by molar-refractivity contribution is -0.138. The molecule has 1 saturated heterocycles. The molecule has 0 aromatic rings. The van der Waals surface area contributed by atoms with Gasteiger partial charge in [-0.3, -0.25) is 14.9 Å². The van der Waals surface area contributed by atoms with Gasteiger partial charge in [-0.25, -0.2) is 4.79 Å². The molecule has 0 aliphatic carbocycles. The van der Waals surface area contributed by atoms with Crippen LogP contribution in [0.3, 0.4) is 0 Å². The second kappa shape index (κ2) is 4.86. The Morgan fingerprint density at radius 2 is 1.62 bits per heavy atom. The van der Waals surface area contributed by atoms with E-state index in [9.17, 15) is 14.4 Å². The summed E-state index contributed by atoms with van der Waals surface area (Å²) < 4.78 is 0.788. The van der Waals surface area contributed by atoms with Gasteiger partial charge in [-0.05, 0) is 31.2 Å². The van der Waals surface area contributed by atoms with Gasteiger partial charge in [0.05, 0.1) is 0 Å². The Bertz CT molecular complexity index is 318. The summed E-state index contributed by atoms with van der Waals surface area (Å²) >= 11 is 1.17. The Morgan fingerprint density at radius 1 is 1.12 bits per heavy atom. The summed E-state index contributed by atoms with van der Waals surface area (Å²) in [6, 6.07) is -0.625. The van der Waals surface area contributed by atoms with Crippen LogP contribution in [0.1, 0.15) is 40.0 Å². The van der Waals surface area contributed by atoms with Crippen LogP contribution in [0.5, 0.6) is 0 Å². The topological polar surface area (TPSA) is 66.5 Å². The SMILES string of the molecule is CCC(CC)(CC)SN1C(=O)NC(=O)C1=O. The Hall–Kier alpha value is -1.04. The maximum atomic E-state index is 11.4. The van der Waals surface area contributed by atoms with Crippen LogP contribution in [0.25, 0.3) is 0 Å². The molecule has 0 saturated carbocycles. The van der Waals surface area contributed by atoms with Crippen molar-refractivity contribution in [1.29, 1.82) is 0 Å². The van der Waals surface area contributed by atoms with Crippen LogP contribution < -0.4 is 5.32 Å². The summed E-state index contributed by atoms with van der Waals surface area (Å²) in [5.41, 5.74) is 0. The smallest absolute Gasteiger partial charge is 0.268 e. The van der Waals surface area contributed by atoms with E-state index in [-0.39, 0.29) is 4.75 Å². The lowest BCUT2D eigenvalue weighted by Crippen LogP contribution is -2.33. The highest BCUT2D eigenvalue weighted by Gasteiger charge is 2.42. The number of nitrogens with one attached hydrogen (secondary N) is 1. The van der Waals surface area contributed by atoms with Gasteiger partial charge in [0.15, 0.2) is 0 Å². The van der Waals surface area contributed by atoms with E-state index in [2.05, 4.69) is 0 Å². The third-order valence-corrected chi connectivity index (χ3v) is 4.77. The number of hydrogen-bond acceptors (Lipinski definition) is 4. The third kappa shape index (κ3) is 2.21. The molecule has 5 nitrogen and oxygen atoms in total. The number of rotatable bonds is 5. The second-order valence-electron chi connectivity index (χ2n) is 3.69. The number of carbonyl (C=O) groups is 3. The molecular weight excluding hydrogens is 228 g/mol. The first-order valence-electron chi connectivity index (χ1n) is 5.38. The maximum Gasteiger partial charge on any atom is 0.341 e. The fraction of sp³-hybridized carbons (Fsp3) is 0.700. The Morgan fingerprint density at radius 3 is 1.94 bits per heavy atom. The quantitative estimate of drug-likeness (QED) is 0.454. The molecule has 4 amide bonds. The largest absolute Gasteiger partial charge is 0.341 e. The van der Waals surface area contributed by atoms with Gasteiger partial charge in [0, 0.05) is 4.75 Å². The molecule has 0 radical (unpaired) electrons. The Kier molecular flexibility index (Phi) is 3.96. The number of nitrogens with zero attached hydrogens (tertiary/aromatic N) is 1. The van der Waals surface area contributed by atoms with Crippen molar-refractivity contribution in [1.82, 2.24) is 9.62 Å². The normalized spacial score (nSPS) is 16.9. The van der Waals surface area contributed by atoms with Gasteiger partial charge in [-0.2, -0.15) is 4.31 Å². The summed E-state index contributed by atoms with van der Waals surface area (Å²) in [5.74, 6) is -1.61. The van der Waals surface area contributed by atoms with Crippen molar-refractivity contribution in [3.8, 4) is 0 Å². The van der Waals surface area contributed by atoms with E-state index in [4.69, 9.17) is 0 Å². The fourth-order valence-corrected chi connectivity index (χ4v) is 2.68. The van der Waals surface area contributed by atoms with Gasteiger partial charge in [0.2, 0.25) is 0 Å². The van der Waals surface area contributed by atoms with Gasteiger partial charge in [0.25, 0.3) is 0 Å². The van der Waals surface area contributed by atoms with Crippen LogP contribution >= 0.6 is 11.9 Å². The summed E-state index contributed by atoms with van der Waals surface area (Å²) in [4.78, 5) is 33.8. The molecule has 0 atom stereocenters. The molecule has 90 valence electrons. The van der Waals surface area contributed by atoms with E-state index in [1.807, 2.05) is 26.1 Å². The summed E-state index contributed by atoms with van der Waals surface area (Å²) in [5, 5.41) is 1.99. The van der Waals surface area contributed by atoms with E-state index in [1.54, 1.807) is 0 Å². The molecule has 0 aromatic carbocycles. The molecule has 6 heteroatoms. The van der Waals surface area contributed by atoms with Crippen molar-refractivity contribution in [3.63, 3.8) is 0 Å². The van der Waals surface area contributed by atoms with Crippen molar-refractivity contribution in [3.05, 3.63) is 0 Å². The summed E-state index contributed by atoms with van der Waals surface area (Å²) in [6.07, 6.45) is 2.53. The number of amides is 4. The third-order valence-electron chi connectivity index (χ3n) is 3.00. The zero-order chi connectivity index (χ0) is 12.3. The number of carbonyl (C=O) groups excluding carboxylic acids is 3. The molecule has 1 aliphatic rings. The van der Waals surface area contributed by atoms with Crippen molar-refractivity contribution in [2.75, 3.05) is 0 Å². The van der Waals surface area contributed by atoms with Gasteiger partial charge >= 0.3 is 17.8 Å². The minimum absolute atomic E-state index is 0.155. The van der Waals surface area contributed by atoms with Gasteiger partial charge in [-0.15, -0.1) is 0 Å². The first-order chi connectivity index (χ1) is 7.49. The van der Waals surface area contributed by atoms with Crippen LogP contribution in [-0.2, 0) is 9.59 Å². The van der Waals surface area contributed by atoms with Crippen molar-refractivity contribution >= 4 is 29.8 Å². The predicted molar refractivity (Wildman–Crippen MR) is 61.6 cm³/mol. The minimum atomic E-state index is -0.838. The molecule has 1 fully saturated rings. The number of imide groups is 2. The molecule has 0 aromatic heterocycles. The van der Waals surface area contributed by atoms with Gasteiger partial charge < -0.3 is 0 Å². The standard InChI is InChI=1S/C10H16N2O3S/c1-4-10(5-2,6-3)16-12-8(14)7(13)11-9(12)15/h4-6H2,1-3H3,(H,11,13,15). The van der Waals surface area contributed by atoms with E-state index in [0.29, 0.717) is 0 Å². The average molecular weight is 244 g/mol. The Labute approximate surface area is 99.1 Å². The molecular formula is C10H16N2O3S. The first kappa shape index (κ1) is 13.0. The van der Waals surface area contributed by atoms with Crippen molar-refractivity contribution in [2.24, 2.45) is 0 Å². The molecule has 0 unspecified atom stereocenters. The zero-order valence-corrected chi connectivity index (χ0v) is 10.5. The highest BCUT2D eigenvalue weighted by Crippen LogP contribution is 2.38. The zero-order valence-electron chi connectivity index (χ0n) is 9.70. The van der Waals surface area contributed by atoms with Crippen LogP contribution in [0.15, 0.2) is 0 Å². The molecule has 0 bridgehead atoms. The van der Waals surface area contributed by atoms with Crippen LogP contribution in [0.2, 0.25) is 0 Å². The van der Waals surface area contributed by atoms with E-state index in [1.165, 1.54) is 11.9 Å². The van der Waals surface area contributed by atoms with Crippen LogP contribution in [0.4, 0.5) is 4.79 Å². The highest BCUT2D eigenvalue weighted by atomic mass is 32.2. The van der Waals surface area contributed by atoms with Crippen LogP contribution in [-0.4, -0.2) is 26.9 Å². The monoisotopic (exact) mass is 244 g/mol. The molecule has 16 heavy (non-hydrogen) atoms. The number of urea groups is 1. The molecule has 1 N–H and O–H groups in total. The van der Waals surface area contributed by atoms with Gasteiger partial charge in [0.1, 0.15) is 0 Å². The highest BCUT2D eigenvalue weighted by molar-refractivity contribution is 7.99. The fourth-order valence-electron chi connectivity index (χ4n) is 1.61. The summed E-state index contributed by atoms with van der Waals surface area (Å²) in [7, 11) is 0.